The van der Waals surface area contributed by atoms with E-state index in [2.05, 4.69) is 38.7 Å². The van der Waals surface area contributed by atoms with Crippen LogP contribution < -0.4 is 16.2 Å². The maximum Gasteiger partial charge on any atom is 0.148 e. The van der Waals surface area contributed by atoms with E-state index < -0.39 is 0 Å². The predicted octanol–water partition coefficient (Wildman–Crippen LogP) is 1.41. The molecule has 3 N–H and O–H groups in total. The Balaban J connectivity index is 2.00. The summed E-state index contributed by atoms with van der Waals surface area (Å²) in [5.41, 5.74) is 3.66. The summed E-state index contributed by atoms with van der Waals surface area (Å²) in [6.07, 6.45) is 3.87. The van der Waals surface area contributed by atoms with Gasteiger partial charge in [-0.1, -0.05) is 13.8 Å². The van der Waals surface area contributed by atoms with Gasteiger partial charge < -0.3 is 14.9 Å². The number of nitrogens with one attached hydrogen (secondary N) is 1. The number of hydrogen-bond acceptors (Lipinski definition) is 6. The van der Waals surface area contributed by atoms with Crippen LogP contribution in [0.5, 0.6) is 0 Å². The molecule has 0 saturated heterocycles. The molecule has 7 heteroatoms. The third kappa shape index (κ3) is 2.44. The van der Waals surface area contributed by atoms with Crippen LogP contribution in [-0.4, -0.2) is 26.1 Å². The van der Waals surface area contributed by atoms with Gasteiger partial charge in [0.1, 0.15) is 23.3 Å². The normalized spacial score (nSPS) is 14.4. The van der Waals surface area contributed by atoms with E-state index in [9.17, 15) is 0 Å². The molecule has 112 valence electrons. The second-order valence-corrected chi connectivity index (χ2v) is 5.64. The Morgan fingerprint density at radius 1 is 1.29 bits per heavy atom. The van der Waals surface area contributed by atoms with E-state index in [0.717, 1.165) is 42.7 Å². The number of rotatable bonds is 3. The fraction of sp³-hybridized carbons (Fsp3) is 0.500. The number of fused-ring (bicyclic) bond motifs is 1. The third-order valence-electron chi connectivity index (χ3n) is 3.83. The number of imidazole rings is 1. The van der Waals surface area contributed by atoms with Gasteiger partial charge in [-0.15, -0.1) is 0 Å². The number of aromatic nitrogens is 4. The maximum atomic E-state index is 5.60. The molecule has 0 unspecified atom stereocenters. The van der Waals surface area contributed by atoms with Crippen LogP contribution in [0.3, 0.4) is 0 Å². The van der Waals surface area contributed by atoms with Crippen molar-refractivity contribution in [3.05, 3.63) is 29.6 Å². The minimum atomic E-state index is 0.253. The standard InChI is InChI=1S/C14H21N7/c1-9(2)12-17-13(19-15)10(3)14(18-12)21-7-6-20-5-4-16-11(20)8-21/h4-5,9H,6-8,15H2,1-3H3,(H,17,18,19). The lowest BCUT2D eigenvalue weighted by Gasteiger charge is -2.30. The summed E-state index contributed by atoms with van der Waals surface area (Å²) in [6.45, 7) is 8.74. The van der Waals surface area contributed by atoms with E-state index in [-0.39, 0.29) is 5.92 Å². The molecule has 0 aromatic carbocycles. The van der Waals surface area contributed by atoms with E-state index in [4.69, 9.17) is 10.8 Å². The minimum absolute atomic E-state index is 0.253. The van der Waals surface area contributed by atoms with Gasteiger partial charge >= 0.3 is 0 Å². The second kappa shape index (κ2) is 5.33. The number of hydrogen-bond donors (Lipinski definition) is 2. The van der Waals surface area contributed by atoms with Gasteiger partial charge in [0.05, 0.1) is 6.54 Å². The van der Waals surface area contributed by atoms with Gasteiger partial charge in [-0.3, -0.25) is 0 Å². The first-order valence-corrected chi connectivity index (χ1v) is 7.20. The van der Waals surface area contributed by atoms with E-state index >= 15 is 0 Å². The summed E-state index contributed by atoms with van der Waals surface area (Å²) in [5.74, 6) is 9.35. The van der Waals surface area contributed by atoms with Crippen molar-refractivity contribution < 1.29 is 0 Å². The zero-order chi connectivity index (χ0) is 15.0. The SMILES string of the molecule is Cc1c(NN)nc(C(C)C)nc1N1CCn2ccnc2C1. The van der Waals surface area contributed by atoms with Crippen molar-refractivity contribution >= 4 is 11.6 Å². The van der Waals surface area contributed by atoms with Crippen LogP contribution in [0.1, 0.15) is 37.0 Å². The van der Waals surface area contributed by atoms with Crippen LogP contribution in [0, 0.1) is 6.92 Å². The Bertz CT molecular complexity index is 647. The van der Waals surface area contributed by atoms with Crippen molar-refractivity contribution in [2.45, 2.75) is 39.8 Å². The van der Waals surface area contributed by atoms with E-state index in [0.29, 0.717) is 5.82 Å². The molecule has 1 aliphatic heterocycles. The Morgan fingerprint density at radius 3 is 2.81 bits per heavy atom. The van der Waals surface area contributed by atoms with Crippen LogP contribution in [0.2, 0.25) is 0 Å². The first-order valence-electron chi connectivity index (χ1n) is 7.20. The molecule has 0 spiro atoms. The lowest BCUT2D eigenvalue weighted by Crippen LogP contribution is -2.35. The molecule has 0 fully saturated rings. The molecule has 0 atom stereocenters. The Kier molecular flexibility index (Phi) is 3.50. The van der Waals surface area contributed by atoms with Gasteiger partial charge in [-0.2, -0.15) is 0 Å². The highest BCUT2D eigenvalue weighted by molar-refractivity contribution is 5.58. The van der Waals surface area contributed by atoms with Gasteiger partial charge in [0.15, 0.2) is 0 Å². The van der Waals surface area contributed by atoms with Crippen molar-refractivity contribution in [2.24, 2.45) is 5.84 Å². The summed E-state index contributed by atoms with van der Waals surface area (Å²) in [5, 5.41) is 0. The number of anilines is 2. The zero-order valence-corrected chi connectivity index (χ0v) is 12.7. The van der Waals surface area contributed by atoms with Gasteiger partial charge in [-0.25, -0.2) is 20.8 Å². The summed E-state index contributed by atoms with van der Waals surface area (Å²) >= 11 is 0. The number of nitrogen functional groups attached to an aromatic ring is 1. The smallest absolute Gasteiger partial charge is 0.148 e. The number of nitrogens with zero attached hydrogens (tertiary/aromatic N) is 5. The Hall–Kier alpha value is -2.15. The van der Waals surface area contributed by atoms with Gasteiger partial charge in [0, 0.05) is 37.0 Å². The highest BCUT2D eigenvalue weighted by Crippen LogP contribution is 2.27. The van der Waals surface area contributed by atoms with Crippen LogP contribution in [-0.2, 0) is 13.1 Å². The van der Waals surface area contributed by atoms with Crippen molar-refractivity contribution in [3.8, 4) is 0 Å². The Labute approximate surface area is 124 Å². The van der Waals surface area contributed by atoms with Crippen LogP contribution in [0.4, 0.5) is 11.6 Å². The quantitative estimate of drug-likeness (QED) is 0.656. The topological polar surface area (TPSA) is 84.9 Å². The lowest BCUT2D eigenvalue weighted by molar-refractivity contribution is 0.553. The molecule has 3 heterocycles. The predicted molar refractivity (Wildman–Crippen MR) is 81.9 cm³/mol. The van der Waals surface area contributed by atoms with Crippen molar-refractivity contribution in [2.75, 3.05) is 16.9 Å². The van der Waals surface area contributed by atoms with E-state index in [1.165, 1.54) is 0 Å². The van der Waals surface area contributed by atoms with E-state index in [1.807, 2.05) is 19.3 Å². The molecular formula is C14H21N7. The summed E-state index contributed by atoms with van der Waals surface area (Å²) < 4.78 is 2.18. The van der Waals surface area contributed by atoms with Crippen molar-refractivity contribution in [1.82, 2.24) is 19.5 Å². The highest BCUT2D eigenvalue weighted by Gasteiger charge is 2.22. The van der Waals surface area contributed by atoms with Gasteiger partial charge in [0.25, 0.3) is 0 Å². The largest absolute Gasteiger partial charge is 0.347 e. The fourth-order valence-corrected chi connectivity index (χ4v) is 2.58. The molecule has 21 heavy (non-hydrogen) atoms. The van der Waals surface area contributed by atoms with E-state index in [1.54, 1.807) is 0 Å². The van der Waals surface area contributed by atoms with Crippen LogP contribution in [0.15, 0.2) is 12.4 Å². The molecule has 1 aliphatic rings. The first-order chi connectivity index (χ1) is 10.1. The zero-order valence-electron chi connectivity index (χ0n) is 12.7. The molecule has 0 aliphatic carbocycles. The van der Waals surface area contributed by atoms with Gasteiger partial charge in [0.2, 0.25) is 0 Å². The number of nitrogens with two attached hydrogens (primary N) is 1. The molecule has 0 bridgehead atoms. The first kappa shape index (κ1) is 13.8. The highest BCUT2D eigenvalue weighted by atomic mass is 15.3. The molecule has 0 amide bonds. The molecule has 0 radical (unpaired) electrons. The summed E-state index contributed by atoms with van der Waals surface area (Å²) in [6, 6.07) is 0. The average molecular weight is 287 g/mol. The van der Waals surface area contributed by atoms with Crippen molar-refractivity contribution in [1.29, 1.82) is 0 Å². The van der Waals surface area contributed by atoms with Crippen LogP contribution in [0.25, 0.3) is 0 Å². The lowest BCUT2D eigenvalue weighted by atomic mass is 10.2. The minimum Gasteiger partial charge on any atom is -0.347 e. The number of hydrazine groups is 1. The molecule has 0 saturated carbocycles. The third-order valence-corrected chi connectivity index (χ3v) is 3.83. The Morgan fingerprint density at radius 2 is 2.10 bits per heavy atom. The molecular weight excluding hydrogens is 266 g/mol. The van der Waals surface area contributed by atoms with Crippen molar-refractivity contribution in [3.63, 3.8) is 0 Å². The summed E-state index contributed by atoms with van der Waals surface area (Å²) in [7, 11) is 0. The maximum absolute atomic E-state index is 5.60. The molecule has 2 aromatic heterocycles. The molecule has 3 rings (SSSR count). The van der Waals surface area contributed by atoms with Gasteiger partial charge in [-0.05, 0) is 6.92 Å². The average Bonchev–Trinajstić information content (AvgIpc) is 2.94. The molecule has 2 aromatic rings. The van der Waals surface area contributed by atoms with Crippen LogP contribution >= 0.6 is 0 Å². The summed E-state index contributed by atoms with van der Waals surface area (Å²) in [4.78, 5) is 15.9. The fourth-order valence-electron chi connectivity index (χ4n) is 2.58. The second-order valence-electron chi connectivity index (χ2n) is 5.64. The molecule has 7 nitrogen and oxygen atoms in total. The monoisotopic (exact) mass is 287 g/mol.